The van der Waals surface area contributed by atoms with Crippen molar-refractivity contribution < 1.29 is 4.74 Å². The van der Waals surface area contributed by atoms with Gasteiger partial charge in [0.15, 0.2) is 0 Å². The van der Waals surface area contributed by atoms with Crippen molar-refractivity contribution in [2.24, 2.45) is 0 Å². The van der Waals surface area contributed by atoms with Gasteiger partial charge in [0.2, 0.25) is 0 Å². The van der Waals surface area contributed by atoms with E-state index in [9.17, 15) is 0 Å². The Morgan fingerprint density at radius 1 is 1.19 bits per heavy atom. The van der Waals surface area contributed by atoms with Crippen LogP contribution in [0.1, 0.15) is 54.8 Å². The van der Waals surface area contributed by atoms with E-state index in [2.05, 4.69) is 17.1 Å². The zero-order valence-electron chi connectivity index (χ0n) is 15.6. The Kier molecular flexibility index (Phi) is 4.59. The lowest BCUT2D eigenvalue weighted by Gasteiger charge is -2.32. The SMILES string of the molecule is CC(CNc1nc(C2CC2)nc2sc3c(c12)CCCC3)N1CCOCC1. The third-order valence-electron chi connectivity index (χ3n) is 6.01. The lowest BCUT2D eigenvalue weighted by atomic mass is 9.97. The molecule has 140 valence electrons. The summed E-state index contributed by atoms with van der Waals surface area (Å²) >= 11 is 1.92. The molecule has 1 unspecified atom stereocenters. The molecule has 0 aromatic carbocycles. The molecule has 0 bridgehead atoms. The molecule has 0 spiro atoms. The summed E-state index contributed by atoms with van der Waals surface area (Å²) in [4.78, 5) is 15.2. The molecule has 3 aliphatic rings. The quantitative estimate of drug-likeness (QED) is 0.869. The van der Waals surface area contributed by atoms with Crippen LogP contribution in [0.3, 0.4) is 0 Å². The highest BCUT2D eigenvalue weighted by atomic mass is 32.1. The van der Waals surface area contributed by atoms with Crippen LogP contribution in [0.5, 0.6) is 0 Å². The van der Waals surface area contributed by atoms with Crippen LogP contribution in [0.15, 0.2) is 0 Å². The lowest BCUT2D eigenvalue weighted by Crippen LogP contribution is -2.45. The molecular formula is C20H28N4OS. The number of hydrogen-bond acceptors (Lipinski definition) is 6. The van der Waals surface area contributed by atoms with Crippen LogP contribution in [-0.4, -0.2) is 53.8 Å². The fourth-order valence-electron chi connectivity index (χ4n) is 4.22. The van der Waals surface area contributed by atoms with E-state index in [1.54, 1.807) is 4.88 Å². The lowest BCUT2D eigenvalue weighted by molar-refractivity contribution is 0.0227. The Labute approximate surface area is 159 Å². The first kappa shape index (κ1) is 16.9. The fourth-order valence-corrected chi connectivity index (χ4v) is 5.49. The number of thiophene rings is 1. The van der Waals surface area contributed by atoms with Gasteiger partial charge in [-0.1, -0.05) is 0 Å². The maximum Gasteiger partial charge on any atom is 0.138 e. The van der Waals surface area contributed by atoms with Gasteiger partial charge in [0.25, 0.3) is 0 Å². The summed E-state index contributed by atoms with van der Waals surface area (Å²) in [6.45, 7) is 7.01. The first-order chi connectivity index (χ1) is 12.8. The van der Waals surface area contributed by atoms with Gasteiger partial charge in [0.05, 0.1) is 18.6 Å². The van der Waals surface area contributed by atoms with E-state index in [4.69, 9.17) is 14.7 Å². The molecule has 2 aromatic rings. The van der Waals surface area contributed by atoms with Gasteiger partial charge in [-0.05, 0) is 51.0 Å². The fraction of sp³-hybridized carbons (Fsp3) is 0.700. The van der Waals surface area contributed by atoms with Gasteiger partial charge < -0.3 is 10.1 Å². The maximum atomic E-state index is 5.49. The van der Waals surface area contributed by atoms with Gasteiger partial charge in [-0.25, -0.2) is 9.97 Å². The highest BCUT2D eigenvalue weighted by molar-refractivity contribution is 7.19. The molecule has 1 aliphatic heterocycles. The minimum atomic E-state index is 0.489. The van der Waals surface area contributed by atoms with E-state index in [0.717, 1.165) is 44.5 Å². The highest BCUT2D eigenvalue weighted by Gasteiger charge is 2.29. The van der Waals surface area contributed by atoms with E-state index in [0.29, 0.717) is 12.0 Å². The Morgan fingerprint density at radius 3 is 2.81 bits per heavy atom. The Morgan fingerprint density at radius 2 is 2.00 bits per heavy atom. The van der Waals surface area contributed by atoms with E-state index in [-0.39, 0.29) is 0 Å². The minimum absolute atomic E-state index is 0.489. The topological polar surface area (TPSA) is 50.3 Å². The van der Waals surface area contributed by atoms with Crippen molar-refractivity contribution in [3.8, 4) is 0 Å². The van der Waals surface area contributed by atoms with Crippen LogP contribution >= 0.6 is 11.3 Å². The molecule has 1 saturated carbocycles. The van der Waals surface area contributed by atoms with Crippen molar-refractivity contribution in [2.75, 3.05) is 38.2 Å². The number of aryl methyl sites for hydroxylation is 2. The van der Waals surface area contributed by atoms with Crippen LogP contribution in [-0.2, 0) is 17.6 Å². The average Bonchev–Trinajstić information content (AvgIpc) is 3.47. The number of nitrogens with zero attached hydrogens (tertiary/aromatic N) is 3. The second-order valence-corrected chi connectivity index (χ2v) is 9.06. The number of morpholine rings is 1. The predicted octanol–water partition coefficient (Wildman–Crippen LogP) is 3.58. The molecule has 2 aliphatic carbocycles. The van der Waals surface area contributed by atoms with Gasteiger partial charge in [-0.3, -0.25) is 4.90 Å². The average molecular weight is 373 g/mol. The third-order valence-corrected chi connectivity index (χ3v) is 7.19. The number of rotatable bonds is 5. The Bertz CT molecular complexity index is 795. The second-order valence-electron chi connectivity index (χ2n) is 7.97. The number of aromatic nitrogens is 2. The van der Waals surface area contributed by atoms with Gasteiger partial charge in [0.1, 0.15) is 16.5 Å². The Balaban J connectivity index is 1.44. The van der Waals surface area contributed by atoms with Gasteiger partial charge in [-0.15, -0.1) is 11.3 Å². The summed E-state index contributed by atoms with van der Waals surface area (Å²) in [5.41, 5.74) is 1.53. The molecule has 1 atom stereocenters. The summed E-state index contributed by atoms with van der Waals surface area (Å²) in [7, 11) is 0. The van der Waals surface area contributed by atoms with Crippen LogP contribution < -0.4 is 5.32 Å². The zero-order chi connectivity index (χ0) is 17.5. The summed E-state index contributed by atoms with van der Waals surface area (Å²) in [6.07, 6.45) is 7.53. The van der Waals surface area contributed by atoms with E-state index in [1.165, 1.54) is 54.3 Å². The molecule has 0 amide bonds. The number of ether oxygens (including phenoxy) is 1. The molecule has 6 heteroatoms. The van der Waals surface area contributed by atoms with Gasteiger partial charge in [-0.2, -0.15) is 0 Å². The molecule has 1 saturated heterocycles. The number of fused-ring (bicyclic) bond motifs is 3. The summed E-state index contributed by atoms with van der Waals surface area (Å²) in [5, 5.41) is 5.04. The number of anilines is 1. The highest BCUT2D eigenvalue weighted by Crippen LogP contribution is 2.43. The van der Waals surface area contributed by atoms with E-state index < -0.39 is 0 Å². The smallest absolute Gasteiger partial charge is 0.138 e. The second kappa shape index (κ2) is 7.06. The van der Waals surface area contributed by atoms with Crippen molar-refractivity contribution in [2.45, 2.75) is 57.4 Å². The van der Waals surface area contributed by atoms with E-state index >= 15 is 0 Å². The molecule has 2 aromatic heterocycles. The number of nitrogens with one attached hydrogen (secondary N) is 1. The van der Waals surface area contributed by atoms with Crippen molar-refractivity contribution in [3.63, 3.8) is 0 Å². The van der Waals surface area contributed by atoms with Crippen molar-refractivity contribution in [1.82, 2.24) is 14.9 Å². The predicted molar refractivity (Wildman–Crippen MR) is 106 cm³/mol. The van der Waals surface area contributed by atoms with Crippen LogP contribution in [0.25, 0.3) is 10.2 Å². The van der Waals surface area contributed by atoms with Crippen molar-refractivity contribution in [1.29, 1.82) is 0 Å². The maximum absolute atomic E-state index is 5.49. The van der Waals surface area contributed by atoms with Crippen LogP contribution in [0.2, 0.25) is 0 Å². The molecule has 5 rings (SSSR count). The summed E-state index contributed by atoms with van der Waals surface area (Å²) in [5.74, 6) is 2.75. The normalized spacial score (nSPS) is 22.3. The molecule has 1 N–H and O–H groups in total. The van der Waals surface area contributed by atoms with E-state index in [1.807, 2.05) is 11.3 Å². The summed E-state index contributed by atoms with van der Waals surface area (Å²) in [6, 6.07) is 0.489. The third kappa shape index (κ3) is 3.23. The first-order valence-electron chi connectivity index (χ1n) is 10.2. The van der Waals surface area contributed by atoms with Crippen molar-refractivity contribution >= 4 is 27.4 Å². The largest absolute Gasteiger partial charge is 0.379 e. The monoisotopic (exact) mass is 372 g/mol. The molecule has 2 fully saturated rings. The van der Waals surface area contributed by atoms with Crippen LogP contribution in [0.4, 0.5) is 5.82 Å². The number of hydrogen-bond donors (Lipinski definition) is 1. The minimum Gasteiger partial charge on any atom is -0.379 e. The van der Waals surface area contributed by atoms with Crippen LogP contribution in [0, 0.1) is 0 Å². The molecule has 3 heterocycles. The Hall–Kier alpha value is -1.24. The molecule has 26 heavy (non-hydrogen) atoms. The van der Waals surface area contributed by atoms with Crippen molar-refractivity contribution in [3.05, 3.63) is 16.3 Å². The zero-order valence-corrected chi connectivity index (χ0v) is 16.4. The molecule has 0 radical (unpaired) electrons. The summed E-state index contributed by atoms with van der Waals surface area (Å²) < 4.78 is 5.49. The van der Waals surface area contributed by atoms with Gasteiger partial charge in [0, 0.05) is 36.5 Å². The first-order valence-corrected chi connectivity index (χ1v) is 11.0. The van der Waals surface area contributed by atoms with Gasteiger partial charge >= 0.3 is 0 Å². The molecular weight excluding hydrogens is 344 g/mol. The molecule has 5 nitrogen and oxygen atoms in total. The standard InChI is InChI=1S/C20H28N4OS/c1-13(24-8-10-25-11-9-24)12-21-19-17-15-4-2-3-5-16(15)26-20(17)23-18(22-19)14-6-7-14/h13-14H,2-12H2,1H3,(H,21,22,23).